The second kappa shape index (κ2) is 8.77. The number of carbonyl (C=O) groups is 3. The summed E-state index contributed by atoms with van der Waals surface area (Å²) in [7, 11) is 0. The molecule has 0 bridgehead atoms. The number of carbonyl (C=O) groups excluding carboxylic acids is 3. The normalized spacial score (nSPS) is 24.7. The molecular formula is C18H22O8. The van der Waals surface area contributed by atoms with E-state index in [-0.39, 0.29) is 19.8 Å². The van der Waals surface area contributed by atoms with Crippen molar-refractivity contribution in [2.75, 3.05) is 13.2 Å². The van der Waals surface area contributed by atoms with Crippen LogP contribution in [-0.2, 0) is 44.7 Å². The van der Waals surface area contributed by atoms with E-state index in [1.165, 1.54) is 20.8 Å². The largest absolute Gasteiger partial charge is 0.451 e. The summed E-state index contributed by atoms with van der Waals surface area (Å²) in [5, 5.41) is 0. The molecular weight excluding hydrogens is 344 g/mol. The molecule has 1 aromatic rings. The van der Waals surface area contributed by atoms with Crippen LogP contribution < -0.4 is 0 Å². The lowest BCUT2D eigenvalue weighted by Crippen LogP contribution is -2.53. The second-order valence-corrected chi connectivity index (χ2v) is 5.96. The highest BCUT2D eigenvalue weighted by Crippen LogP contribution is 2.33. The maximum absolute atomic E-state index is 11.6. The van der Waals surface area contributed by atoms with Gasteiger partial charge in [0.25, 0.3) is 0 Å². The van der Waals surface area contributed by atoms with E-state index in [1.54, 1.807) is 0 Å². The predicted octanol–water partition coefficient (Wildman–Crippen LogP) is 1.36. The van der Waals surface area contributed by atoms with E-state index in [0.717, 1.165) is 5.56 Å². The van der Waals surface area contributed by atoms with Gasteiger partial charge in [0.05, 0.1) is 19.8 Å². The first-order valence-electron chi connectivity index (χ1n) is 8.10. The molecule has 0 aliphatic carbocycles. The first-order chi connectivity index (χ1) is 12.3. The lowest BCUT2D eigenvalue weighted by molar-refractivity contribution is -0.204. The van der Waals surface area contributed by atoms with Gasteiger partial charge < -0.3 is 23.7 Å². The van der Waals surface area contributed by atoms with Crippen molar-refractivity contribution in [2.24, 2.45) is 0 Å². The summed E-state index contributed by atoms with van der Waals surface area (Å²) < 4.78 is 26.8. The van der Waals surface area contributed by atoms with Crippen LogP contribution >= 0.6 is 0 Å². The molecule has 1 aliphatic heterocycles. The summed E-state index contributed by atoms with van der Waals surface area (Å²) in [6.45, 7) is 3.64. The Morgan fingerprint density at radius 3 is 2.27 bits per heavy atom. The zero-order valence-electron chi connectivity index (χ0n) is 14.9. The van der Waals surface area contributed by atoms with Crippen molar-refractivity contribution < 1.29 is 38.1 Å². The van der Waals surface area contributed by atoms with Crippen molar-refractivity contribution in [3.05, 3.63) is 35.9 Å². The molecule has 1 heterocycles. The summed E-state index contributed by atoms with van der Waals surface area (Å²) >= 11 is 0. The molecule has 0 amide bonds. The fourth-order valence-corrected chi connectivity index (χ4v) is 2.68. The van der Waals surface area contributed by atoms with Gasteiger partial charge in [-0.25, -0.2) is 0 Å². The Labute approximate surface area is 151 Å². The summed E-state index contributed by atoms with van der Waals surface area (Å²) in [5.41, 5.74) is -0.489. The molecule has 0 spiro atoms. The van der Waals surface area contributed by atoms with Crippen molar-refractivity contribution in [1.29, 1.82) is 0 Å². The Bertz CT molecular complexity index is 644. The van der Waals surface area contributed by atoms with Crippen molar-refractivity contribution in [2.45, 2.75) is 45.4 Å². The fraction of sp³-hybridized carbons (Fsp3) is 0.500. The van der Waals surface area contributed by atoms with Gasteiger partial charge in [-0.3, -0.25) is 14.4 Å². The van der Waals surface area contributed by atoms with Gasteiger partial charge in [-0.2, -0.15) is 0 Å². The first kappa shape index (κ1) is 19.9. The average molecular weight is 366 g/mol. The van der Waals surface area contributed by atoms with Crippen molar-refractivity contribution >= 4 is 17.9 Å². The van der Waals surface area contributed by atoms with Crippen LogP contribution in [0.1, 0.15) is 26.3 Å². The molecule has 8 nitrogen and oxygen atoms in total. The van der Waals surface area contributed by atoms with Crippen LogP contribution in [0.4, 0.5) is 0 Å². The number of esters is 3. The van der Waals surface area contributed by atoms with Gasteiger partial charge >= 0.3 is 17.9 Å². The zero-order chi connectivity index (χ0) is 19.2. The highest BCUT2D eigenvalue weighted by atomic mass is 16.7. The van der Waals surface area contributed by atoms with Gasteiger partial charge in [-0.05, 0) is 5.56 Å². The van der Waals surface area contributed by atoms with E-state index in [2.05, 4.69) is 0 Å². The third-order valence-corrected chi connectivity index (χ3v) is 3.64. The number of ether oxygens (including phenoxy) is 5. The third kappa shape index (κ3) is 5.27. The quantitative estimate of drug-likeness (QED) is 0.527. The molecule has 1 saturated heterocycles. The lowest BCUT2D eigenvalue weighted by atomic mass is 10.00. The number of hydrogen-bond donors (Lipinski definition) is 0. The van der Waals surface area contributed by atoms with E-state index in [4.69, 9.17) is 23.7 Å². The predicted molar refractivity (Wildman–Crippen MR) is 87.7 cm³/mol. The topological polar surface area (TPSA) is 97.4 Å². The summed E-state index contributed by atoms with van der Waals surface area (Å²) in [4.78, 5) is 34.4. The molecule has 1 aromatic carbocycles. The van der Waals surface area contributed by atoms with Gasteiger partial charge in [0.15, 0.2) is 0 Å². The molecule has 0 radical (unpaired) electrons. The van der Waals surface area contributed by atoms with E-state index >= 15 is 0 Å². The monoisotopic (exact) mass is 366 g/mol. The molecule has 0 N–H and O–H groups in total. The van der Waals surface area contributed by atoms with Crippen LogP contribution in [0.15, 0.2) is 30.3 Å². The minimum Gasteiger partial charge on any atom is -0.451 e. The molecule has 1 aliphatic rings. The van der Waals surface area contributed by atoms with Gasteiger partial charge in [-0.15, -0.1) is 0 Å². The molecule has 3 atom stereocenters. The minimum absolute atomic E-state index is 0.100. The minimum atomic E-state index is -1.41. The number of rotatable bonds is 7. The standard InChI is InChI=1S/C18H22O8/c1-12(19)24-16-17(25-13(2)20)23-11-18(16,26-14(3)21)10-22-9-15-7-5-4-6-8-15/h4-8,16-17H,9-11H2,1-3H3/t16-,17+,18+/m0/s1. The van der Waals surface area contributed by atoms with Gasteiger partial charge in [0, 0.05) is 20.8 Å². The first-order valence-corrected chi connectivity index (χ1v) is 8.10. The smallest absolute Gasteiger partial charge is 0.305 e. The van der Waals surface area contributed by atoms with Crippen LogP contribution in [0.5, 0.6) is 0 Å². The van der Waals surface area contributed by atoms with E-state index < -0.39 is 35.9 Å². The van der Waals surface area contributed by atoms with Crippen LogP contribution in [0.3, 0.4) is 0 Å². The summed E-state index contributed by atoms with van der Waals surface area (Å²) in [6.07, 6.45) is -2.32. The average Bonchev–Trinajstić information content (AvgIpc) is 2.85. The third-order valence-electron chi connectivity index (χ3n) is 3.64. The van der Waals surface area contributed by atoms with Crippen LogP contribution in [0, 0.1) is 0 Å². The zero-order valence-corrected chi connectivity index (χ0v) is 14.9. The molecule has 2 rings (SSSR count). The van der Waals surface area contributed by atoms with Crippen molar-refractivity contribution in [3.8, 4) is 0 Å². The van der Waals surface area contributed by atoms with Crippen LogP contribution in [-0.4, -0.2) is 49.1 Å². The van der Waals surface area contributed by atoms with E-state index in [1.807, 2.05) is 30.3 Å². The van der Waals surface area contributed by atoms with Crippen molar-refractivity contribution in [1.82, 2.24) is 0 Å². The van der Waals surface area contributed by atoms with Gasteiger partial charge in [0.1, 0.15) is 0 Å². The Morgan fingerprint density at radius 2 is 1.69 bits per heavy atom. The highest BCUT2D eigenvalue weighted by molar-refractivity contribution is 5.68. The Hall–Kier alpha value is -2.45. The van der Waals surface area contributed by atoms with E-state index in [0.29, 0.717) is 0 Å². The van der Waals surface area contributed by atoms with Gasteiger partial charge in [-0.1, -0.05) is 30.3 Å². The summed E-state index contributed by atoms with van der Waals surface area (Å²) in [6, 6.07) is 9.40. The van der Waals surface area contributed by atoms with Gasteiger partial charge in [0.2, 0.25) is 18.0 Å². The molecule has 0 aromatic heterocycles. The molecule has 142 valence electrons. The molecule has 0 unspecified atom stereocenters. The molecule has 26 heavy (non-hydrogen) atoms. The Morgan fingerprint density at radius 1 is 1.04 bits per heavy atom. The maximum atomic E-state index is 11.6. The van der Waals surface area contributed by atoms with Crippen LogP contribution in [0.25, 0.3) is 0 Å². The SMILES string of the molecule is CC(=O)O[C@H]1OC[C@@](COCc2ccccc2)(OC(C)=O)[C@H]1OC(C)=O. The molecule has 1 fully saturated rings. The maximum Gasteiger partial charge on any atom is 0.305 e. The Kier molecular flexibility index (Phi) is 6.70. The summed E-state index contributed by atoms with van der Waals surface area (Å²) in [5.74, 6) is -1.84. The van der Waals surface area contributed by atoms with Crippen LogP contribution in [0.2, 0.25) is 0 Å². The van der Waals surface area contributed by atoms with Crippen molar-refractivity contribution in [3.63, 3.8) is 0 Å². The Balaban J connectivity index is 2.16. The molecule has 0 saturated carbocycles. The fourth-order valence-electron chi connectivity index (χ4n) is 2.68. The lowest BCUT2D eigenvalue weighted by Gasteiger charge is -2.32. The number of hydrogen-bond acceptors (Lipinski definition) is 8. The molecule has 8 heteroatoms. The second-order valence-electron chi connectivity index (χ2n) is 5.96. The highest BCUT2D eigenvalue weighted by Gasteiger charge is 2.57. The number of benzene rings is 1. The van der Waals surface area contributed by atoms with E-state index in [9.17, 15) is 14.4 Å².